The van der Waals surface area contributed by atoms with Crippen molar-refractivity contribution in [1.82, 2.24) is 15.1 Å². The maximum absolute atomic E-state index is 13.1. The molecular weight excluding hydrogens is 326 g/mol. The van der Waals surface area contributed by atoms with Gasteiger partial charge >= 0.3 is 0 Å². The summed E-state index contributed by atoms with van der Waals surface area (Å²) in [4.78, 5) is 41.2. The smallest absolute Gasteiger partial charge is 0.246 e. The molecule has 6 nitrogen and oxygen atoms in total. The zero-order valence-electron chi connectivity index (χ0n) is 15.5. The summed E-state index contributed by atoms with van der Waals surface area (Å²) in [5.74, 6) is 0.550. The summed E-state index contributed by atoms with van der Waals surface area (Å²) in [7, 11) is 3.67. The number of hydrogen-bond acceptors (Lipinski definition) is 5. The van der Waals surface area contributed by atoms with Gasteiger partial charge in [0.25, 0.3) is 0 Å². The van der Waals surface area contributed by atoms with Gasteiger partial charge in [-0.1, -0.05) is 13.8 Å². The minimum absolute atomic E-state index is 0.0186. The molecule has 0 unspecified atom stereocenters. The molecule has 0 spiro atoms. The standard InChI is InChI=1S/C17H29N3O3S/c1-10(19(5)6)15(22)18-12-7-8-24-13-9-17(3,4)14(11(2)21)20(13)16(12)23/h10,12-14H,7-9H2,1-6H3,(H,18,22)/t10-,12-,13-,14+/m0/s1. The number of rotatable bonds is 4. The molecule has 7 heteroatoms. The Morgan fingerprint density at radius 1 is 1.38 bits per heavy atom. The van der Waals surface area contributed by atoms with Gasteiger partial charge in [-0.15, -0.1) is 11.8 Å². The highest BCUT2D eigenvalue weighted by molar-refractivity contribution is 7.99. The maximum atomic E-state index is 13.1. The van der Waals surface area contributed by atoms with Gasteiger partial charge in [-0.05, 0) is 52.0 Å². The van der Waals surface area contributed by atoms with Crippen molar-refractivity contribution in [1.29, 1.82) is 0 Å². The first kappa shape index (κ1) is 19.2. The summed E-state index contributed by atoms with van der Waals surface area (Å²) in [6, 6.07) is -1.26. The third-order valence-electron chi connectivity index (χ3n) is 5.15. The SMILES string of the molecule is CC(=O)[C@H]1N2C(=O)[C@@H](NC(=O)[C@H](C)N(C)C)CCS[C@H]2CC1(C)C. The van der Waals surface area contributed by atoms with Gasteiger partial charge in [-0.25, -0.2) is 0 Å². The van der Waals surface area contributed by atoms with Gasteiger partial charge < -0.3 is 10.2 Å². The molecule has 2 aliphatic heterocycles. The Labute approximate surface area is 148 Å². The lowest BCUT2D eigenvalue weighted by atomic mass is 9.83. The molecule has 2 amide bonds. The number of nitrogens with one attached hydrogen (secondary N) is 1. The predicted octanol–water partition coefficient (Wildman–Crippen LogP) is 1.10. The second-order valence-corrected chi connectivity index (χ2v) is 9.05. The Hall–Kier alpha value is -1.08. The van der Waals surface area contributed by atoms with Crippen LogP contribution in [0.5, 0.6) is 0 Å². The van der Waals surface area contributed by atoms with Gasteiger partial charge in [0.15, 0.2) is 5.78 Å². The fraction of sp³-hybridized carbons (Fsp3) is 0.824. The van der Waals surface area contributed by atoms with Crippen molar-refractivity contribution in [3.63, 3.8) is 0 Å². The zero-order valence-corrected chi connectivity index (χ0v) is 16.3. The van der Waals surface area contributed by atoms with Crippen molar-refractivity contribution >= 4 is 29.4 Å². The number of carbonyl (C=O) groups excluding carboxylic acids is 3. The Morgan fingerprint density at radius 2 is 2.00 bits per heavy atom. The number of nitrogens with zero attached hydrogens (tertiary/aromatic N) is 2. The molecule has 2 fully saturated rings. The molecule has 0 aromatic heterocycles. The summed E-state index contributed by atoms with van der Waals surface area (Å²) in [5, 5.41) is 2.92. The minimum Gasteiger partial charge on any atom is -0.343 e. The van der Waals surface area contributed by atoms with E-state index < -0.39 is 12.1 Å². The summed E-state index contributed by atoms with van der Waals surface area (Å²) >= 11 is 1.72. The number of amides is 2. The number of carbonyl (C=O) groups is 3. The molecule has 1 N–H and O–H groups in total. The van der Waals surface area contributed by atoms with E-state index in [0.29, 0.717) is 6.42 Å². The van der Waals surface area contributed by atoms with E-state index in [4.69, 9.17) is 0 Å². The van der Waals surface area contributed by atoms with E-state index in [9.17, 15) is 14.4 Å². The first-order chi connectivity index (χ1) is 11.1. The van der Waals surface area contributed by atoms with Crippen LogP contribution < -0.4 is 5.32 Å². The lowest BCUT2D eigenvalue weighted by molar-refractivity contribution is -0.142. The molecule has 2 rings (SSSR count). The lowest BCUT2D eigenvalue weighted by Crippen LogP contribution is -2.55. The average molecular weight is 356 g/mol. The molecule has 0 aliphatic carbocycles. The Morgan fingerprint density at radius 3 is 2.54 bits per heavy atom. The van der Waals surface area contributed by atoms with Crippen LogP contribution in [0.15, 0.2) is 0 Å². The Kier molecular flexibility index (Phi) is 5.64. The third-order valence-corrected chi connectivity index (χ3v) is 6.40. The van der Waals surface area contributed by atoms with Crippen LogP contribution >= 0.6 is 11.8 Å². The van der Waals surface area contributed by atoms with E-state index in [1.165, 1.54) is 0 Å². The summed E-state index contributed by atoms with van der Waals surface area (Å²) in [5.41, 5.74) is -0.234. The third kappa shape index (κ3) is 3.61. The van der Waals surface area contributed by atoms with Crippen LogP contribution in [0.1, 0.15) is 40.5 Å². The van der Waals surface area contributed by atoms with Gasteiger partial charge in [0.1, 0.15) is 6.04 Å². The molecule has 136 valence electrons. The molecule has 2 heterocycles. The number of ketones is 1. The van der Waals surface area contributed by atoms with E-state index in [1.807, 2.05) is 39.8 Å². The molecule has 0 aromatic carbocycles. The molecule has 2 saturated heterocycles. The number of Topliss-reactive ketones (excluding diaryl/α,β-unsaturated/α-hetero) is 1. The van der Waals surface area contributed by atoms with Crippen molar-refractivity contribution in [2.75, 3.05) is 19.8 Å². The van der Waals surface area contributed by atoms with Crippen molar-refractivity contribution in [3.05, 3.63) is 0 Å². The zero-order chi connectivity index (χ0) is 18.2. The molecule has 4 atom stereocenters. The normalized spacial score (nSPS) is 30.7. The molecule has 24 heavy (non-hydrogen) atoms. The summed E-state index contributed by atoms with van der Waals surface area (Å²) in [6.45, 7) is 7.46. The van der Waals surface area contributed by atoms with Crippen LogP contribution in [0, 0.1) is 5.41 Å². The Balaban J connectivity index is 2.22. The van der Waals surface area contributed by atoms with E-state index >= 15 is 0 Å². The van der Waals surface area contributed by atoms with Gasteiger partial charge in [0.05, 0.1) is 17.5 Å². The van der Waals surface area contributed by atoms with Gasteiger partial charge in [-0.2, -0.15) is 0 Å². The van der Waals surface area contributed by atoms with Crippen molar-refractivity contribution in [2.24, 2.45) is 5.41 Å². The van der Waals surface area contributed by atoms with Gasteiger partial charge in [-0.3, -0.25) is 19.3 Å². The molecule has 0 aromatic rings. The highest BCUT2D eigenvalue weighted by Crippen LogP contribution is 2.46. The fourth-order valence-corrected chi connectivity index (χ4v) is 5.22. The maximum Gasteiger partial charge on any atom is 0.246 e. The number of hydrogen-bond donors (Lipinski definition) is 1. The minimum atomic E-state index is -0.548. The van der Waals surface area contributed by atoms with E-state index in [1.54, 1.807) is 23.6 Å². The highest BCUT2D eigenvalue weighted by Gasteiger charge is 2.53. The van der Waals surface area contributed by atoms with Gasteiger partial charge in [0.2, 0.25) is 11.8 Å². The van der Waals surface area contributed by atoms with Crippen LogP contribution in [-0.2, 0) is 14.4 Å². The van der Waals surface area contributed by atoms with E-state index in [-0.39, 0.29) is 34.4 Å². The van der Waals surface area contributed by atoms with Crippen LogP contribution in [0.2, 0.25) is 0 Å². The largest absolute Gasteiger partial charge is 0.343 e. The number of likely N-dealkylation sites (N-methyl/N-ethyl adjacent to an activating group) is 1. The summed E-state index contributed by atoms with van der Waals surface area (Å²) in [6.07, 6.45) is 1.41. The number of fused-ring (bicyclic) bond motifs is 1. The average Bonchev–Trinajstić information content (AvgIpc) is 2.66. The fourth-order valence-electron chi connectivity index (χ4n) is 3.64. The highest BCUT2D eigenvalue weighted by atomic mass is 32.2. The summed E-state index contributed by atoms with van der Waals surface area (Å²) < 4.78 is 0. The van der Waals surface area contributed by atoms with E-state index in [2.05, 4.69) is 5.32 Å². The first-order valence-corrected chi connectivity index (χ1v) is 9.52. The van der Waals surface area contributed by atoms with Crippen molar-refractivity contribution in [2.45, 2.75) is 64.0 Å². The molecule has 2 aliphatic rings. The van der Waals surface area contributed by atoms with Gasteiger partial charge in [0, 0.05) is 0 Å². The van der Waals surface area contributed by atoms with Crippen molar-refractivity contribution < 1.29 is 14.4 Å². The molecule has 0 radical (unpaired) electrons. The Bertz CT molecular complexity index is 535. The number of thioether (sulfide) groups is 1. The predicted molar refractivity (Wildman–Crippen MR) is 95.7 cm³/mol. The molecule has 0 bridgehead atoms. The topological polar surface area (TPSA) is 69.7 Å². The lowest BCUT2D eigenvalue weighted by Gasteiger charge is -2.33. The molecule has 0 saturated carbocycles. The molecular formula is C17H29N3O3S. The van der Waals surface area contributed by atoms with Crippen molar-refractivity contribution in [3.8, 4) is 0 Å². The van der Waals surface area contributed by atoms with Crippen LogP contribution in [0.25, 0.3) is 0 Å². The monoisotopic (exact) mass is 355 g/mol. The second kappa shape index (κ2) is 7.04. The van der Waals surface area contributed by atoms with Crippen LogP contribution in [-0.4, -0.2) is 70.7 Å². The quantitative estimate of drug-likeness (QED) is 0.818. The van der Waals surface area contributed by atoms with Crippen LogP contribution in [0.3, 0.4) is 0 Å². The van der Waals surface area contributed by atoms with E-state index in [0.717, 1.165) is 12.2 Å². The van der Waals surface area contributed by atoms with Crippen LogP contribution in [0.4, 0.5) is 0 Å². The first-order valence-electron chi connectivity index (χ1n) is 8.47. The second-order valence-electron chi connectivity index (χ2n) is 7.77.